The van der Waals surface area contributed by atoms with Crippen molar-refractivity contribution in [3.63, 3.8) is 0 Å². The van der Waals surface area contributed by atoms with Gasteiger partial charge in [-0.3, -0.25) is 4.72 Å². The second-order valence-electron chi connectivity index (χ2n) is 5.92. The fourth-order valence-corrected chi connectivity index (χ4v) is 3.68. The molecule has 0 saturated carbocycles. The van der Waals surface area contributed by atoms with E-state index in [0.717, 1.165) is 5.69 Å². The molecule has 0 amide bonds. The number of hydrogen-bond acceptors (Lipinski definition) is 6. The zero-order valence-corrected chi connectivity index (χ0v) is 16.6. The highest BCUT2D eigenvalue weighted by Gasteiger charge is 2.17. The van der Waals surface area contributed by atoms with Crippen LogP contribution in [0.2, 0.25) is 0 Å². The normalized spacial score (nSPS) is 11.0. The Hall–Kier alpha value is -3.26. The molecule has 1 aromatic heterocycles. The van der Waals surface area contributed by atoms with E-state index in [1.165, 1.54) is 32.5 Å². The first-order valence-electron chi connectivity index (χ1n) is 8.44. The van der Waals surface area contributed by atoms with Crippen molar-refractivity contribution in [3.8, 4) is 11.5 Å². The van der Waals surface area contributed by atoms with Gasteiger partial charge in [-0.05, 0) is 36.4 Å². The maximum atomic E-state index is 12.7. The Morgan fingerprint density at radius 3 is 2.25 bits per heavy atom. The van der Waals surface area contributed by atoms with E-state index in [1.807, 2.05) is 42.3 Å². The molecule has 0 radical (unpaired) electrons. The summed E-state index contributed by atoms with van der Waals surface area (Å²) in [5.41, 5.74) is 1.34. The van der Waals surface area contributed by atoms with Gasteiger partial charge in [-0.1, -0.05) is 18.2 Å². The molecule has 7 nitrogen and oxygen atoms in total. The first-order valence-corrected chi connectivity index (χ1v) is 9.92. The zero-order valence-electron chi connectivity index (χ0n) is 15.8. The van der Waals surface area contributed by atoms with Crippen molar-refractivity contribution in [3.05, 3.63) is 66.9 Å². The molecule has 0 spiro atoms. The molecule has 0 aliphatic rings. The van der Waals surface area contributed by atoms with Gasteiger partial charge < -0.3 is 14.4 Å². The highest BCUT2D eigenvalue weighted by Crippen LogP contribution is 2.30. The largest absolute Gasteiger partial charge is 0.493 e. The highest BCUT2D eigenvalue weighted by atomic mass is 32.2. The van der Waals surface area contributed by atoms with Gasteiger partial charge in [-0.2, -0.15) is 0 Å². The van der Waals surface area contributed by atoms with E-state index in [9.17, 15) is 8.42 Å². The van der Waals surface area contributed by atoms with Crippen LogP contribution in [0.25, 0.3) is 0 Å². The summed E-state index contributed by atoms with van der Waals surface area (Å²) in [6, 6.07) is 17.6. The lowest BCUT2D eigenvalue weighted by Gasteiger charge is -2.18. The van der Waals surface area contributed by atoms with E-state index in [0.29, 0.717) is 23.0 Å². The molecular formula is C20H21N3O4S. The van der Waals surface area contributed by atoms with Gasteiger partial charge in [0.2, 0.25) is 0 Å². The van der Waals surface area contributed by atoms with Gasteiger partial charge in [0.25, 0.3) is 10.0 Å². The minimum Gasteiger partial charge on any atom is -0.493 e. The Morgan fingerprint density at radius 1 is 0.929 bits per heavy atom. The molecule has 1 N–H and O–H groups in total. The van der Waals surface area contributed by atoms with Crippen molar-refractivity contribution in [1.82, 2.24) is 4.98 Å². The summed E-state index contributed by atoms with van der Waals surface area (Å²) in [5, 5.41) is 0. The van der Waals surface area contributed by atoms with Gasteiger partial charge in [0, 0.05) is 18.8 Å². The number of ether oxygens (including phenoxy) is 2. The average molecular weight is 399 g/mol. The third-order valence-corrected chi connectivity index (χ3v) is 5.53. The molecule has 2 aromatic carbocycles. The SMILES string of the molecule is COc1ccc(S(=O)(=O)Nc2ccc(N(C)c3ccccc3)nc2)cc1OC. The minimum absolute atomic E-state index is 0.0654. The molecule has 0 bridgehead atoms. The van der Waals surface area contributed by atoms with E-state index >= 15 is 0 Å². The van der Waals surface area contributed by atoms with E-state index < -0.39 is 10.0 Å². The molecule has 0 aliphatic heterocycles. The summed E-state index contributed by atoms with van der Waals surface area (Å²) in [6.45, 7) is 0. The molecule has 0 aliphatic carbocycles. The molecule has 0 fully saturated rings. The summed E-state index contributed by atoms with van der Waals surface area (Å²) in [5.74, 6) is 1.49. The molecular weight excluding hydrogens is 378 g/mol. The van der Waals surface area contributed by atoms with Gasteiger partial charge in [0.15, 0.2) is 11.5 Å². The number of sulfonamides is 1. The summed E-state index contributed by atoms with van der Waals surface area (Å²) >= 11 is 0. The van der Waals surface area contributed by atoms with Crippen LogP contribution in [0.3, 0.4) is 0 Å². The van der Waals surface area contributed by atoms with E-state index in [-0.39, 0.29) is 4.90 Å². The molecule has 3 aromatic rings. The monoisotopic (exact) mass is 399 g/mol. The maximum absolute atomic E-state index is 12.7. The molecule has 28 heavy (non-hydrogen) atoms. The maximum Gasteiger partial charge on any atom is 0.262 e. The number of nitrogens with zero attached hydrogens (tertiary/aromatic N) is 2. The van der Waals surface area contributed by atoms with Gasteiger partial charge in [0.1, 0.15) is 5.82 Å². The number of para-hydroxylation sites is 1. The van der Waals surface area contributed by atoms with Crippen LogP contribution in [-0.2, 0) is 10.0 Å². The highest BCUT2D eigenvalue weighted by molar-refractivity contribution is 7.92. The van der Waals surface area contributed by atoms with Crippen molar-refractivity contribution in [2.45, 2.75) is 4.90 Å². The molecule has 8 heteroatoms. The number of rotatable bonds is 7. The fourth-order valence-electron chi connectivity index (χ4n) is 2.63. The number of anilines is 3. The number of benzene rings is 2. The van der Waals surface area contributed by atoms with Crippen LogP contribution in [0.4, 0.5) is 17.2 Å². The lowest BCUT2D eigenvalue weighted by molar-refractivity contribution is 0.354. The quantitative estimate of drug-likeness (QED) is 0.653. The van der Waals surface area contributed by atoms with Gasteiger partial charge >= 0.3 is 0 Å². The first-order chi connectivity index (χ1) is 13.4. The molecule has 146 valence electrons. The lowest BCUT2D eigenvalue weighted by atomic mass is 10.3. The Labute approximate surface area is 164 Å². The zero-order chi connectivity index (χ0) is 20.1. The van der Waals surface area contributed by atoms with Gasteiger partial charge in [-0.25, -0.2) is 13.4 Å². The topological polar surface area (TPSA) is 80.8 Å². The summed E-state index contributed by atoms with van der Waals surface area (Å²) in [4.78, 5) is 6.32. The van der Waals surface area contributed by atoms with Crippen molar-refractivity contribution >= 4 is 27.2 Å². The summed E-state index contributed by atoms with van der Waals surface area (Å²) in [6.07, 6.45) is 1.48. The number of hydrogen-bond donors (Lipinski definition) is 1. The minimum atomic E-state index is -3.80. The van der Waals surface area contributed by atoms with Crippen LogP contribution >= 0.6 is 0 Å². The summed E-state index contributed by atoms with van der Waals surface area (Å²) in [7, 11) is 1.04. The van der Waals surface area contributed by atoms with Crippen molar-refractivity contribution in [2.24, 2.45) is 0 Å². The average Bonchev–Trinajstić information content (AvgIpc) is 2.73. The summed E-state index contributed by atoms with van der Waals surface area (Å²) < 4.78 is 38.2. The van der Waals surface area contributed by atoms with E-state index in [2.05, 4.69) is 9.71 Å². The Balaban J connectivity index is 1.80. The van der Waals surface area contributed by atoms with Crippen molar-refractivity contribution < 1.29 is 17.9 Å². The predicted molar refractivity (Wildman–Crippen MR) is 109 cm³/mol. The molecule has 0 unspecified atom stereocenters. The van der Waals surface area contributed by atoms with E-state index in [1.54, 1.807) is 18.2 Å². The standard InChI is InChI=1S/C20H21N3O4S/c1-23(16-7-5-4-6-8-16)20-12-9-15(14-21-20)22-28(24,25)17-10-11-18(26-2)19(13-17)27-3/h4-14,22H,1-3H3. The van der Waals surface area contributed by atoms with Crippen LogP contribution in [0.1, 0.15) is 0 Å². The fraction of sp³-hybridized carbons (Fsp3) is 0.150. The smallest absolute Gasteiger partial charge is 0.262 e. The van der Waals surface area contributed by atoms with Crippen LogP contribution in [0, 0.1) is 0 Å². The van der Waals surface area contributed by atoms with Crippen LogP contribution in [0.5, 0.6) is 11.5 Å². The van der Waals surface area contributed by atoms with Crippen LogP contribution in [0.15, 0.2) is 71.8 Å². The van der Waals surface area contributed by atoms with Crippen molar-refractivity contribution in [1.29, 1.82) is 0 Å². The second kappa shape index (κ2) is 8.18. The molecule has 1 heterocycles. The van der Waals surface area contributed by atoms with Crippen LogP contribution < -0.4 is 19.1 Å². The number of pyridine rings is 1. The Morgan fingerprint density at radius 2 is 1.64 bits per heavy atom. The number of nitrogens with one attached hydrogen (secondary N) is 1. The van der Waals surface area contributed by atoms with Gasteiger partial charge in [0.05, 0.1) is 31.0 Å². The second-order valence-corrected chi connectivity index (χ2v) is 7.60. The van der Waals surface area contributed by atoms with E-state index in [4.69, 9.17) is 9.47 Å². The third-order valence-electron chi connectivity index (χ3n) is 4.15. The first kappa shape index (κ1) is 19.5. The third kappa shape index (κ3) is 4.17. The molecule has 0 saturated heterocycles. The lowest BCUT2D eigenvalue weighted by Crippen LogP contribution is -2.14. The van der Waals surface area contributed by atoms with Crippen molar-refractivity contribution in [2.75, 3.05) is 30.9 Å². The molecule has 3 rings (SSSR count). The predicted octanol–water partition coefficient (Wildman–Crippen LogP) is 3.67. The Bertz CT molecular complexity index is 1040. The van der Waals surface area contributed by atoms with Gasteiger partial charge in [-0.15, -0.1) is 0 Å². The Kier molecular flexibility index (Phi) is 5.70. The number of aromatic nitrogens is 1. The van der Waals surface area contributed by atoms with Crippen LogP contribution in [-0.4, -0.2) is 34.7 Å². The number of methoxy groups -OCH3 is 2. The molecule has 0 atom stereocenters.